The minimum absolute atomic E-state index is 0.344. The lowest BCUT2D eigenvalue weighted by atomic mass is 9.84. The number of benzene rings is 2. The zero-order valence-electron chi connectivity index (χ0n) is 20.9. The van der Waals surface area contributed by atoms with E-state index in [0.29, 0.717) is 17.7 Å². The molecule has 2 aromatic carbocycles. The summed E-state index contributed by atoms with van der Waals surface area (Å²) < 4.78 is 7.26. The Morgan fingerprint density at radius 2 is 1.85 bits per heavy atom. The maximum absolute atomic E-state index is 10.3. The molecule has 1 aliphatic heterocycles. The molecule has 2 heterocycles. The summed E-state index contributed by atoms with van der Waals surface area (Å²) in [6.07, 6.45) is 5.50. The molecule has 1 fully saturated rings. The average molecular weight is 463 g/mol. The Bertz CT molecular complexity index is 1060. The predicted octanol–water partition coefficient (Wildman–Crippen LogP) is 4.40. The maximum Gasteiger partial charge on any atom is 0.120 e. The highest BCUT2D eigenvalue weighted by Gasteiger charge is 2.30. The fraction of sp³-hybridized carbons (Fsp3) is 0.464. The van der Waals surface area contributed by atoms with E-state index in [9.17, 15) is 5.11 Å². The van der Waals surface area contributed by atoms with E-state index in [1.54, 1.807) is 19.2 Å². The number of rotatable bonds is 9. The van der Waals surface area contributed by atoms with Crippen LogP contribution in [0, 0.1) is 12.8 Å². The quantitative estimate of drug-likeness (QED) is 0.511. The number of hydrogen-bond donors (Lipinski definition) is 1. The first-order valence-corrected chi connectivity index (χ1v) is 12.2. The molecule has 34 heavy (non-hydrogen) atoms. The summed E-state index contributed by atoms with van der Waals surface area (Å²) in [7, 11) is 5.92. The molecule has 1 aromatic heterocycles. The molecule has 6 heteroatoms. The number of piperidine rings is 1. The monoisotopic (exact) mass is 462 g/mol. The van der Waals surface area contributed by atoms with Crippen molar-refractivity contribution in [3.63, 3.8) is 0 Å². The van der Waals surface area contributed by atoms with Gasteiger partial charge in [-0.1, -0.05) is 30.3 Å². The number of nitrogens with zero attached hydrogens (tertiary/aromatic N) is 4. The van der Waals surface area contributed by atoms with E-state index < -0.39 is 0 Å². The van der Waals surface area contributed by atoms with Gasteiger partial charge in [0.15, 0.2) is 0 Å². The molecule has 0 amide bonds. The molecule has 0 radical (unpaired) electrons. The van der Waals surface area contributed by atoms with Crippen molar-refractivity contribution in [1.29, 1.82) is 0 Å². The van der Waals surface area contributed by atoms with Gasteiger partial charge in [-0.2, -0.15) is 5.10 Å². The number of aryl methyl sites for hydroxylation is 2. The third-order valence-corrected chi connectivity index (χ3v) is 7.25. The first-order chi connectivity index (χ1) is 16.4. The van der Waals surface area contributed by atoms with Crippen LogP contribution in [0.4, 0.5) is 0 Å². The smallest absolute Gasteiger partial charge is 0.120 e. The Kier molecular flexibility index (Phi) is 7.91. The third kappa shape index (κ3) is 5.99. The summed E-state index contributed by atoms with van der Waals surface area (Å²) in [5.74, 6) is 1.76. The molecule has 182 valence electrons. The highest BCUT2D eigenvalue weighted by atomic mass is 16.5. The van der Waals surface area contributed by atoms with Crippen molar-refractivity contribution >= 4 is 0 Å². The van der Waals surface area contributed by atoms with Gasteiger partial charge in [0.2, 0.25) is 0 Å². The number of methoxy groups -OCH3 is 1. The van der Waals surface area contributed by atoms with Crippen molar-refractivity contribution in [2.45, 2.75) is 45.3 Å². The number of aromatic hydroxyl groups is 1. The average Bonchev–Trinajstić information content (AvgIpc) is 3.16. The van der Waals surface area contributed by atoms with Crippen molar-refractivity contribution < 1.29 is 9.84 Å². The summed E-state index contributed by atoms with van der Waals surface area (Å²) in [6.45, 7) is 5.83. The highest BCUT2D eigenvalue weighted by Crippen LogP contribution is 2.30. The number of phenolic OH excluding ortho intramolecular Hbond substituents is 1. The highest BCUT2D eigenvalue weighted by molar-refractivity contribution is 5.39. The van der Waals surface area contributed by atoms with Crippen LogP contribution in [0.3, 0.4) is 0 Å². The van der Waals surface area contributed by atoms with Gasteiger partial charge in [0, 0.05) is 43.5 Å². The second kappa shape index (κ2) is 11.1. The lowest BCUT2D eigenvalue weighted by Gasteiger charge is -2.40. The molecular formula is C28H38N4O2. The summed E-state index contributed by atoms with van der Waals surface area (Å²) in [5.41, 5.74) is 4.74. The van der Waals surface area contributed by atoms with E-state index in [2.05, 4.69) is 65.4 Å². The number of ether oxygens (including phenoxy) is 1. The van der Waals surface area contributed by atoms with Gasteiger partial charge in [-0.15, -0.1) is 0 Å². The molecule has 1 N–H and O–H groups in total. The maximum atomic E-state index is 10.3. The minimum Gasteiger partial charge on any atom is -0.508 e. The third-order valence-electron chi connectivity index (χ3n) is 7.25. The minimum atomic E-state index is 0.344. The molecule has 6 nitrogen and oxygen atoms in total. The normalized spacial score (nSPS) is 16.1. The predicted molar refractivity (Wildman–Crippen MR) is 136 cm³/mol. The largest absolute Gasteiger partial charge is 0.508 e. The van der Waals surface area contributed by atoms with Crippen LogP contribution in [0.1, 0.15) is 35.2 Å². The van der Waals surface area contributed by atoms with Crippen molar-refractivity contribution in [2.75, 3.05) is 27.2 Å². The zero-order chi connectivity index (χ0) is 24.1. The first kappa shape index (κ1) is 24.3. The van der Waals surface area contributed by atoms with E-state index in [0.717, 1.165) is 62.4 Å². The van der Waals surface area contributed by atoms with Gasteiger partial charge in [0.25, 0.3) is 0 Å². The second-order valence-corrected chi connectivity index (χ2v) is 9.69. The van der Waals surface area contributed by atoms with Crippen LogP contribution in [-0.4, -0.2) is 58.0 Å². The summed E-state index contributed by atoms with van der Waals surface area (Å²) in [6, 6.07) is 16.8. The molecule has 0 aliphatic carbocycles. The summed E-state index contributed by atoms with van der Waals surface area (Å²) >= 11 is 0. The first-order valence-electron chi connectivity index (χ1n) is 12.2. The van der Waals surface area contributed by atoms with Crippen molar-refractivity contribution in [3.05, 3.63) is 77.1 Å². The Morgan fingerprint density at radius 3 is 2.50 bits per heavy atom. The molecule has 1 aliphatic rings. The molecule has 3 aromatic rings. The van der Waals surface area contributed by atoms with Crippen molar-refractivity contribution in [3.8, 4) is 11.5 Å². The van der Waals surface area contributed by atoms with E-state index in [1.165, 1.54) is 11.1 Å². The van der Waals surface area contributed by atoms with E-state index >= 15 is 0 Å². The molecular weight excluding hydrogens is 424 g/mol. The van der Waals surface area contributed by atoms with Gasteiger partial charge >= 0.3 is 0 Å². The van der Waals surface area contributed by atoms with Gasteiger partial charge in [-0.3, -0.25) is 14.5 Å². The lowest BCUT2D eigenvalue weighted by Crippen LogP contribution is -2.45. The number of likely N-dealkylation sites (tertiary alicyclic amines) is 1. The molecule has 0 spiro atoms. The lowest BCUT2D eigenvalue weighted by molar-refractivity contribution is 0.0949. The van der Waals surface area contributed by atoms with Crippen LogP contribution in [0.2, 0.25) is 0 Å². The fourth-order valence-electron chi connectivity index (χ4n) is 5.28. The molecule has 0 bridgehead atoms. The number of likely N-dealkylation sites (N-methyl/N-ethyl adjacent to an activating group) is 1. The Labute approximate surface area is 203 Å². The Hall–Kier alpha value is -2.83. The van der Waals surface area contributed by atoms with E-state index in [1.807, 2.05) is 17.8 Å². The van der Waals surface area contributed by atoms with Gasteiger partial charge in [-0.25, -0.2) is 0 Å². The van der Waals surface area contributed by atoms with Crippen LogP contribution in [0.15, 0.2) is 54.7 Å². The SMILES string of the molecule is COc1ccc(O)c(CN2CCC([C@H](Cc3ccccc3)N(C)Cc3cn(C)nc3C)CC2)c1. The topological polar surface area (TPSA) is 53.8 Å². The van der Waals surface area contributed by atoms with E-state index in [-0.39, 0.29) is 0 Å². The molecule has 0 unspecified atom stereocenters. The van der Waals surface area contributed by atoms with Crippen molar-refractivity contribution in [2.24, 2.45) is 13.0 Å². The number of hydrogen-bond acceptors (Lipinski definition) is 5. The van der Waals surface area contributed by atoms with Crippen molar-refractivity contribution in [1.82, 2.24) is 19.6 Å². The van der Waals surface area contributed by atoms with Gasteiger partial charge in [-0.05, 0) is 76.0 Å². The van der Waals surface area contributed by atoms with E-state index in [4.69, 9.17) is 4.74 Å². The van der Waals surface area contributed by atoms with Crippen LogP contribution in [0.25, 0.3) is 0 Å². The molecule has 4 rings (SSSR count). The molecule has 1 saturated heterocycles. The van der Waals surface area contributed by atoms with Gasteiger partial charge in [0.1, 0.15) is 11.5 Å². The fourth-order valence-corrected chi connectivity index (χ4v) is 5.28. The zero-order valence-corrected chi connectivity index (χ0v) is 20.9. The second-order valence-electron chi connectivity index (χ2n) is 9.69. The van der Waals surface area contributed by atoms with Crippen LogP contribution < -0.4 is 4.74 Å². The molecule has 0 saturated carbocycles. The summed E-state index contributed by atoms with van der Waals surface area (Å²) in [4.78, 5) is 4.99. The molecule has 1 atom stereocenters. The Morgan fingerprint density at radius 1 is 1.12 bits per heavy atom. The number of phenols is 1. The Balaban J connectivity index is 1.44. The van der Waals surface area contributed by atoms with Crippen LogP contribution in [0.5, 0.6) is 11.5 Å². The van der Waals surface area contributed by atoms with Gasteiger partial charge in [0.05, 0.1) is 12.8 Å². The van der Waals surface area contributed by atoms with Crippen LogP contribution >= 0.6 is 0 Å². The summed E-state index contributed by atoms with van der Waals surface area (Å²) in [5, 5.41) is 14.8. The number of aromatic nitrogens is 2. The van der Waals surface area contributed by atoms with Gasteiger partial charge < -0.3 is 9.84 Å². The van der Waals surface area contributed by atoms with Crippen LogP contribution in [-0.2, 0) is 26.6 Å². The standard InChI is InChI=1S/C28H38N4O2/c1-21-25(19-31(3)29-21)18-30(2)27(16-22-8-6-5-7-9-22)23-12-14-32(15-13-23)20-24-17-26(34-4)10-11-28(24)33/h5-11,17,19,23,27,33H,12-16,18,20H2,1-4H3/t27-/m0/s1.